The zero-order valence-electron chi connectivity index (χ0n) is 43.3. The summed E-state index contributed by atoms with van der Waals surface area (Å²) >= 11 is 0. The zero-order valence-corrected chi connectivity index (χ0v) is 43.3. The van der Waals surface area contributed by atoms with Gasteiger partial charge in [-0.15, -0.1) is 0 Å². The van der Waals surface area contributed by atoms with Crippen LogP contribution >= 0.6 is 0 Å². The molecule has 65 heavy (non-hydrogen) atoms. The van der Waals surface area contributed by atoms with Crippen LogP contribution in [0.3, 0.4) is 0 Å². The molecule has 0 spiro atoms. The van der Waals surface area contributed by atoms with Crippen LogP contribution in [-0.2, 0) is 38.2 Å². The SMILES string of the molecule is CCCCCCCC(=O)OCC(COC(=O)CCCCCCC)OC(=O)CCCCCCC.CCCCCCCCCC(=O)[O-].CCCCCCCCCCCCCCCCCC(=O)[O-]. The van der Waals surface area contributed by atoms with Gasteiger partial charge in [0.15, 0.2) is 6.10 Å². The molecular weight excluding hydrogens is 821 g/mol. The van der Waals surface area contributed by atoms with E-state index in [1.165, 1.54) is 135 Å². The minimum absolute atomic E-state index is 0.0703. The molecule has 0 fully saturated rings. The summed E-state index contributed by atoms with van der Waals surface area (Å²) < 4.78 is 16.1. The molecule has 0 amide bonds. The van der Waals surface area contributed by atoms with Crippen molar-refractivity contribution in [2.75, 3.05) is 13.2 Å². The Kier molecular flexibility index (Phi) is 58.9. The smallest absolute Gasteiger partial charge is 0.306 e. The average molecular weight is 925 g/mol. The molecule has 0 rings (SSSR count). The van der Waals surface area contributed by atoms with Crippen LogP contribution in [0.4, 0.5) is 0 Å². The predicted molar refractivity (Wildman–Crippen MR) is 264 cm³/mol. The Hall–Kier alpha value is -2.65. The highest BCUT2D eigenvalue weighted by molar-refractivity contribution is 5.71. The topological polar surface area (TPSA) is 159 Å². The summed E-state index contributed by atoms with van der Waals surface area (Å²) in [7, 11) is 0. The molecule has 0 aliphatic carbocycles. The lowest BCUT2D eigenvalue weighted by Gasteiger charge is -2.18. The third-order valence-electron chi connectivity index (χ3n) is 11.6. The highest BCUT2D eigenvalue weighted by atomic mass is 16.6. The lowest BCUT2D eigenvalue weighted by atomic mass is 10.0. The predicted octanol–water partition coefficient (Wildman–Crippen LogP) is 13.9. The first kappa shape index (κ1) is 66.6. The molecule has 0 unspecified atom stereocenters. The van der Waals surface area contributed by atoms with Crippen LogP contribution in [0.25, 0.3) is 0 Å². The number of carbonyl (C=O) groups is 5. The molecule has 0 N–H and O–H groups in total. The van der Waals surface area contributed by atoms with Crippen LogP contribution in [0.2, 0.25) is 0 Å². The van der Waals surface area contributed by atoms with Crippen molar-refractivity contribution < 1.29 is 48.4 Å². The monoisotopic (exact) mass is 925 g/mol. The Labute approximate surface area is 400 Å². The van der Waals surface area contributed by atoms with Gasteiger partial charge in [-0.3, -0.25) is 14.4 Å². The minimum atomic E-state index is -0.913. The van der Waals surface area contributed by atoms with E-state index in [9.17, 15) is 34.2 Å². The van der Waals surface area contributed by atoms with E-state index in [0.29, 0.717) is 19.3 Å². The quantitative estimate of drug-likeness (QED) is 0.0326. The molecule has 0 aliphatic heterocycles. The van der Waals surface area contributed by atoms with E-state index in [-0.39, 0.29) is 44.0 Å². The third kappa shape index (κ3) is 63.5. The Morgan fingerprint density at radius 2 is 0.492 bits per heavy atom. The van der Waals surface area contributed by atoms with Crippen molar-refractivity contribution in [1.29, 1.82) is 0 Å². The minimum Gasteiger partial charge on any atom is -0.550 e. The maximum absolute atomic E-state index is 12.2. The fourth-order valence-electron chi connectivity index (χ4n) is 7.36. The standard InChI is InChI=1S/C27H50O6.C18H36O2.C10H20O2/c1-4-7-10-13-16-19-25(28)31-22-24(33-27(30)21-18-15-12-9-6-3)23-32-26(29)20-17-14-11-8-5-2;1-2-3-4-5-6-7-8-9-10-11-12-13-14-15-16-17-18(19)20;1-2-3-4-5-6-7-8-9-10(11)12/h24H,4-23H2,1-3H3;2-17H2,1H3,(H,19,20);2-9H2,1H3,(H,11,12)/p-2. The van der Waals surface area contributed by atoms with Gasteiger partial charge in [-0.05, 0) is 44.9 Å². The third-order valence-corrected chi connectivity index (χ3v) is 11.6. The van der Waals surface area contributed by atoms with Crippen molar-refractivity contribution in [1.82, 2.24) is 0 Å². The van der Waals surface area contributed by atoms with Gasteiger partial charge in [-0.2, -0.15) is 0 Å². The van der Waals surface area contributed by atoms with Crippen molar-refractivity contribution in [3.8, 4) is 0 Å². The summed E-state index contributed by atoms with van der Waals surface area (Å²) in [6.07, 6.45) is 44.2. The Balaban J connectivity index is -0.00000101. The van der Waals surface area contributed by atoms with Crippen LogP contribution in [0.5, 0.6) is 0 Å². The van der Waals surface area contributed by atoms with Gasteiger partial charge in [-0.25, -0.2) is 0 Å². The lowest BCUT2D eigenvalue weighted by Crippen LogP contribution is -2.30. The van der Waals surface area contributed by atoms with Crippen molar-refractivity contribution in [2.24, 2.45) is 0 Å². The van der Waals surface area contributed by atoms with Crippen molar-refractivity contribution in [3.63, 3.8) is 0 Å². The van der Waals surface area contributed by atoms with E-state index < -0.39 is 18.0 Å². The Morgan fingerprint density at radius 3 is 0.723 bits per heavy atom. The first-order valence-corrected chi connectivity index (χ1v) is 27.5. The fourth-order valence-corrected chi connectivity index (χ4v) is 7.36. The van der Waals surface area contributed by atoms with E-state index >= 15 is 0 Å². The number of rotatable bonds is 47. The highest BCUT2D eigenvalue weighted by Crippen LogP contribution is 2.15. The molecular formula is C55H104O10-2. The number of carboxylic acid groups (broad SMARTS) is 2. The Morgan fingerprint density at radius 1 is 0.292 bits per heavy atom. The van der Waals surface area contributed by atoms with Gasteiger partial charge in [0, 0.05) is 31.2 Å². The second-order valence-corrected chi connectivity index (χ2v) is 18.3. The van der Waals surface area contributed by atoms with Crippen molar-refractivity contribution in [3.05, 3.63) is 0 Å². The number of ether oxygens (including phenoxy) is 3. The maximum Gasteiger partial charge on any atom is 0.306 e. The lowest BCUT2D eigenvalue weighted by molar-refractivity contribution is -0.307. The van der Waals surface area contributed by atoms with Crippen LogP contribution in [-0.4, -0.2) is 49.2 Å². The van der Waals surface area contributed by atoms with E-state index in [0.717, 1.165) is 103 Å². The van der Waals surface area contributed by atoms with Crippen molar-refractivity contribution in [2.45, 2.75) is 310 Å². The normalized spacial score (nSPS) is 10.7. The molecule has 0 saturated carbocycles. The van der Waals surface area contributed by atoms with Gasteiger partial charge in [0.25, 0.3) is 0 Å². The zero-order chi connectivity index (χ0) is 48.7. The number of aliphatic carboxylic acids is 2. The summed E-state index contributed by atoms with van der Waals surface area (Å²) in [5.74, 6) is -2.74. The summed E-state index contributed by atoms with van der Waals surface area (Å²) in [6, 6.07) is 0. The molecule has 0 radical (unpaired) electrons. The Bertz CT molecular complexity index is 1000. The first-order chi connectivity index (χ1) is 31.6. The van der Waals surface area contributed by atoms with Crippen LogP contribution in [0.1, 0.15) is 304 Å². The van der Waals surface area contributed by atoms with Gasteiger partial charge in [-0.1, -0.05) is 240 Å². The van der Waals surface area contributed by atoms with E-state index in [4.69, 9.17) is 14.2 Å². The number of hydrogen-bond donors (Lipinski definition) is 0. The summed E-state index contributed by atoms with van der Waals surface area (Å²) in [4.78, 5) is 56.5. The molecule has 386 valence electrons. The molecule has 0 saturated heterocycles. The number of hydrogen-bond acceptors (Lipinski definition) is 10. The largest absolute Gasteiger partial charge is 0.550 e. The molecule has 0 aromatic carbocycles. The molecule has 10 heteroatoms. The van der Waals surface area contributed by atoms with E-state index in [1.807, 2.05) is 0 Å². The van der Waals surface area contributed by atoms with Crippen LogP contribution in [0.15, 0.2) is 0 Å². The van der Waals surface area contributed by atoms with Gasteiger partial charge < -0.3 is 34.0 Å². The van der Waals surface area contributed by atoms with Crippen LogP contribution < -0.4 is 10.2 Å². The molecule has 10 nitrogen and oxygen atoms in total. The van der Waals surface area contributed by atoms with E-state index in [2.05, 4.69) is 34.6 Å². The van der Waals surface area contributed by atoms with Crippen molar-refractivity contribution >= 4 is 29.8 Å². The van der Waals surface area contributed by atoms with Crippen LogP contribution in [0, 0.1) is 0 Å². The van der Waals surface area contributed by atoms with Gasteiger partial charge in [0.1, 0.15) is 13.2 Å². The second-order valence-electron chi connectivity index (χ2n) is 18.3. The van der Waals surface area contributed by atoms with Gasteiger partial charge >= 0.3 is 17.9 Å². The first-order valence-electron chi connectivity index (χ1n) is 27.5. The number of esters is 3. The van der Waals surface area contributed by atoms with E-state index in [1.54, 1.807) is 0 Å². The van der Waals surface area contributed by atoms with Gasteiger partial charge in [0.2, 0.25) is 0 Å². The molecule has 0 heterocycles. The number of carboxylic acids is 2. The molecule has 0 atom stereocenters. The molecule has 0 aromatic heterocycles. The highest BCUT2D eigenvalue weighted by Gasteiger charge is 2.19. The number of unbranched alkanes of at least 4 members (excludes halogenated alkanes) is 32. The molecule has 0 aliphatic rings. The molecule has 0 aromatic rings. The summed E-state index contributed by atoms with van der Waals surface area (Å²) in [6.45, 7) is 10.8. The van der Waals surface area contributed by atoms with Gasteiger partial charge in [0.05, 0.1) is 0 Å². The fraction of sp³-hybridized carbons (Fsp3) is 0.909. The summed E-state index contributed by atoms with van der Waals surface area (Å²) in [5, 5.41) is 20.2. The second kappa shape index (κ2) is 57.5. The molecule has 0 bridgehead atoms. The number of carbonyl (C=O) groups excluding carboxylic acids is 5. The maximum atomic E-state index is 12.2. The summed E-state index contributed by atoms with van der Waals surface area (Å²) in [5.41, 5.74) is 0. The average Bonchev–Trinajstić information content (AvgIpc) is 3.28.